The monoisotopic (exact) mass is 417 g/mol. The molecule has 6 heteroatoms. The minimum atomic E-state index is -2.85. The second kappa shape index (κ2) is 7.15. The fourth-order valence-electron chi connectivity index (χ4n) is 4.69. The van der Waals surface area contributed by atoms with Crippen molar-refractivity contribution in [3.05, 3.63) is 77.9 Å². The average Bonchev–Trinajstić information content (AvgIpc) is 3.45. The molecule has 1 fully saturated rings. The fraction of sp³-hybridized carbons (Fsp3) is 0.280. The largest absolute Gasteiger partial charge is 0.434 e. The lowest BCUT2D eigenvalue weighted by molar-refractivity contribution is -0.0506. The number of halogens is 2. The van der Waals surface area contributed by atoms with Crippen molar-refractivity contribution in [1.29, 1.82) is 0 Å². The normalized spacial score (nSPS) is 18.0. The number of fused-ring (bicyclic) bond motifs is 3. The van der Waals surface area contributed by atoms with Crippen molar-refractivity contribution < 1.29 is 13.5 Å². The first-order chi connectivity index (χ1) is 15.2. The molecule has 6 rings (SSSR count). The number of rotatable bonds is 5. The molecule has 0 bridgehead atoms. The summed E-state index contributed by atoms with van der Waals surface area (Å²) in [5.74, 6) is 1.84. The highest BCUT2D eigenvalue weighted by Crippen LogP contribution is 2.41. The highest BCUT2D eigenvalue weighted by molar-refractivity contribution is 5.83. The van der Waals surface area contributed by atoms with E-state index in [1.807, 2.05) is 24.4 Å². The van der Waals surface area contributed by atoms with Gasteiger partial charge in [-0.25, -0.2) is 4.98 Å². The molecule has 3 heterocycles. The van der Waals surface area contributed by atoms with Gasteiger partial charge in [-0.3, -0.25) is 4.98 Å². The van der Waals surface area contributed by atoms with Crippen LogP contribution in [0.1, 0.15) is 48.3 Å². The van der Waals surface area contributed by atoms with Crippen LogP contribution in [0.25, 0.3) is 22.2 Å². The van der Waals surface area contributed by atoms with Crippen molar-refractivity contribution >= 4 is 11.0 Å². The molecule has 31 heavy (non-hydrogen) atoms. The summed E-state index contributed by atoms with van der Waals surface area (Å²) in [6.45, 7) is -2.85. The molecule has 156 valence electrons. The lowest BCUT2D eigenvalue weighted by Crippen LogP contribution is -2.10. The van der Waals surface area contributed by atoms with E-state index in [0.29, 0.717) is 5.92 Å². The molecule has 0 radical (unpaired) electrons. The van der Waals surface area contributed by atoms with Gasteiger partial charge in [0.15, 0.2) is 0 Å². The van der Waals surface area contributed by atoms with E-state index in [9.17, 15) is 8.78 Å². The average molecular weight is 417 g/mol. The van der Waals surface area contributed by atoms with Crippen LogP contribution in [0.4, 0.5) is 8.78 Å². The topological polar surface area (TPSA) is 39.9 Å². The third-order valence-corrected chi connectivity index (χ3v) is 6.32. The maximum absolute atomic E-state index is 13.0. The summed E-state index contributed by atoms with van der Waals surface area (Å²) in [6.07, 6.45) is 6.02. The molecule has 2 aromatic carbocycles. The molecular weight excluding hydrogens is 396 g/mol. The van der Waals surface area contributed by atoms with E-state index in [1.54, 1.807) is 12.1 Å². The van der Waals surface area contributed by atoms with E-state index >= 15 is 0 Å². The summed E-state index contributed by atoms with van der Waals surface area (Å²) in [5.41, 5.74) is 6.00. The van der Waals surface area contributed by atoms with Crippen molar-refractivity contribution in [3.8, 4) is 16.9 Å². The summed E-state index contributed by atoms with van der Waals surface area (Å²) in [6, 6.07) is 17.5. The quantitative estimate of drug-likeness (QED) is 0.393. The Morgan fingerprint density at radius 2 is 1.81 bits per heavy atom. The highest BCUT2D eigenvalue weighted by Gasteiger charge is 2.30. The fourth-order valence-corrected chi connectivity index (χ4v) is 4.69. The van der Waals surface area contributed by atoms with Crippen molar-refractivity contribution in [2.75, 3.05) is 0 Å². The zero-order valence-corrected chi connectivity index (χ0v) is 16.8. The van der Waals surface area contributed by atoms with E-state index < -0.39 is 6.61 Å². The number of hydrogen-bond acceptors (Lipinski definition) is 3. The smallest absolute Gasteiger partial charge is 0.387 e. The Morgan fingerprint density at radius 1 is 0.968 bits per heavy atom. The highest BCUT2D eigenvalue weighted by atomic mass is 19.3. The summed E-state index contributed by atoms with van der Waals surface area (Å²) < 4.78 is 32.9. The van der Waals surface area contributed by atoms with Crippen LogP contribution in [0.3, 0.4) is 0 Å². The predicted molar refractivity (Wildman–Crippen MR) is 114 cm³/mol. The van der Waals surface area contributed by atoms with Crippen molar-refractivity contribution in [2.45, 2.75) is 44.3 Å². The van der Waals surface area contributed by atoms with E-state index in [2.05, 4.69) is 33.8 Å². The summed E-state index contributed by atoms with van der Waals surface area (Å²) in [5, 5.41) is 0. The molecule has 2 aromatic heterocycles. The van der Waals surface area contributed by atoms with Crippen LogP contribution >= 0.6 is 0 Å². The van der Waals surface area contributed by atoms with Gasteiger partial charge >= 0.3 is 6.61 Å². The first-order valence-electron chi connectivity index (χ1n) is 10.7. The van der Waals surface area contributed by atoms with Crippen LogP contribution in [-0.4, -0.2) is 21.1 Å². The van der Waals surface area contributed by atoms with Crippen LogP contribution in [0.2, 0.25) is 0 Å². The lowest BCUT2D eigenvalue weighted by Gasteiger charge is -2.19. The Labute approximate surface area is 178 Å². The molecule has 1 saturated carbocycles. The van der Waals surface area contributed by atoms with Gasteiger partial charge in [0.2, 0.25) is 0 Å². The Balaban J connectivity index is 1.42. The molecule has 2 aliphatic rings. The molecule has 0 saturated heterocycles. The molecule has 1 unspecified atom stereocenters. The Bertz CT molecular complexity index is 1260. The molecule has 0 N–H and O–H groups in total. The van der Waals surface area contributed by atoms with Crippen LogP contribution in [0, 0.1) is 0 Å². The Hall–Kier alpha value is -3.28. The first-order valence-corrected chi connectivity index (χ1v) is 10.7. The van der Waals surface area contributed by atoms with Gasteiger partial charge in [0, 0.05) is 35.4 Å². The first kappa shape index (κ1) is 18.5. The number of ether oxygens (including phenoxy) is 1. The molecule has 0 amide bonds. The number of benzene rings is 2. The van der Waals surface area contributed by atoms with Gasteiger partial charge < -0.3 is 9.30 Å². The third-order valence-electron chi connectivity index (χ3n) is 6.32. The second-order valence-electron chi connectivity index (χ2n) is 8.32. The number of nitrogens with zero attached hydrogens (tertiary/aromatic N) is 3. The SMILES string of the molecule is FC(F)Oc1ccccc1C1CCc2nc3ccc(-c4ccc(C5CC5)nc4)cc3n21. The number of aryl methyl sites for hydroxylation is 1. The summed E-state index contributed by atoms with van der Waals surface area (Å²) in [7, 11) is 0. The number of pyridine rings is 1. The molecule has 0 spiro atoms. The molecule has 1 aliphatic heterocycles. The van der Waals surface area contributed by atoms with E-state index in [1.165, 1.54) is 18.5 Å². The molecule has 4 nitrogen and oxygen atoms in total. The van der Waals surface area contributed by atoms with E-state index in [0.717, 1.165) is 46.4 Å². The van der Waals surface area contributed by atoms with E-state index in [4.69, 9.17) is 9.72 Å². The van der Waals surface area contributed by atoms with E-state index in [-0.39, 0.29) is 11.8 Å². The minimum absolute atomic E-state index is 0.0828. The summed E-state index contributed by atoms with van der Waals surface area (Å²) in [4.78, 5) is 9.45. The Kier molecular flexibility index (Phi) is 4.26. The van der Waals surface area contributed by atoms with Crippen molar-refractivity contribution in [3.63, 3.8) is 0 Å². The van der Waals surface area contributed by atoms with Crippen LogP contribution < -0.4 is 4.74 Å². The number of alkyl halides is 2. The van der Waals surface area contributed by atoms with Crippen LogP contribution in [-0.2, 0) is 6.42 Å². The van der Waals surface area contributed by atoms with Gasteiger partial charge in [-0.05, 0) is 49.1 Å². The van der Waals surface area contributed by atoms with Gasteiger partial charge in [-0.15, -0.1) is 0 Å². The Morgan fingerprint density at radius 3 is 2.58 bits per heavy atom. The molecule has 1 atom stereocenters. The van der Waals surface area contributed by atoms with Crippen LogP contribution in [0.15, 0.2) is 60.8 Å². The zero-order valence-electron chi connectivity index (χ0n) is 16.8. The third kappa shape index (κ3) is 3.26. The molecule has 1 aliphatic carbocycles. The maximum Gasteiger partial charge on any atom is 0.387 e. The lowest BCUT2D eigenvalue weighted by atomic mass is 10.0. The van der Waals surface area contributed by atoms with Gasteiger partial charge in [0.1, 0.15) is 11.6 Å². The summed E-state index contributed by atoms with van der Waals surface area (Å²) >= 11 is 0. The number of para-hydroxylation sites is 1. The van der Waals surface area contributed by atoms with Gasteiger partial charge in [0.05, 0.1) is 17.1 Å². The number of imidazole rings is 1. The standard InChI is InChI=1S/C25H21F2N3O/c26-25(27)31-23-4-2-1-3-18(23)21-11-12-24-29-20-10-7-16(13-22(20)30(21)24)17-8-9-19(28-14-17)15-5-6-15/h1-4,7-10,13-15,21,25H,5-6,11-12H2. The molecular formula is C25H21F2N3O. The van der Waals surface area contributed by atoms with Gasteiger partial charge in [0.25, 0.3) is 0 Å². The van der Waals surface area contributed by atoms with Crippen molar-refractivity contribution in [1.82, 2.24) is 14.5 Å². The maximum atomic E-state index is 13.0. The van der Waals surface area contributed by atoms with Crippen molar-refractivity contribution in [2.24, 2.45) is 0 Å². The minimum Gasteiger partial charge on any atom is -0.434 e. The zero-order chi connectivity index (χ0) is 20.9. The second-order valence-corrected chi connectivity index (χ2v) is 8.32. The van der Waals surface area contributed by atoms with Gasteiger partial charge in [-0.1, -0.05) is 30.3 Å². The van der Waals surface area contributed by atoms with Crippen LogP contribution in [0.5, 0.6) is 5.75 Å². The predicted octanol–water partition coefficient (Wildman–Crippen LogP) is 6.11. The number of aromatic nitrogens is 3. The molecule has 4 aromatic rings. The van der Waals surface area contributed by atoms with Gasteiger partial charge in [-0.2, -0.15) is 8.78 Å². The number of hydrogen-bond donors (Lipinski definition) is 0.